The van der Waals surface area contributed by atoms with E-state index in [0.717, 1.165) is 35.4 Å². The fraction of sp³-hybridized carbons (Fsp3) is 0.647. The van der Waals surface area contributed by atoms with Crippen molar-refractivity contribution in [1.29, 1.82) is 0 Å². The summed E-state index contributed by atoms with van der Waals surface area (Å²) in [5.41, 5.74) is 8.68. The maximum atomic E-state index is 10.7. The molecule has 1 aromatic carbocycles. The molecule has 4 nitrogen and oxygen atoms in total. The molecule has 0 aliphatic carbocycles. The van der Waals surface area contributed by atoms with Crippen LogP contribution in [0.5, 0.6) is 5.75 Å². The van der Waals surface area contributed by atoms with Crippen molar-refractivity contribution in [2.24, 2.45) is 5.73 Å². The van der Waals surface area contributed by atoms with E-state index in [2.05, 4.69) is 11.8 Å². The summed E-state index contributed by atoms with van der Waals surface area (Å²) in [4.78, 5) is 2.05. The second kappa shape index (κ2) is 8.73. The van der Waals surface area contributed by atoms with Gasteiger partial charge in [-0.1, -0.05) is 18.5 Å². The van der Waals surface area contributed by atoms with Gasteiger partial charge in [-0.3, -0.25) is 0 Å². The highest BCUT2D eigenvalue weighted by Crippen LogP contribution is 2.37. The maximum absolute atomic E-state index is 10.7. The summed E-state index contributed by atoms with van der Waals surface area (Å²) < 4.78 is 5.87. The lowest BCUT2D eigenvalue weighted by Gasteiger charge is -2.26. The number of aliphatic hydroxyl groups excluding tert-OH is 1. The second-order valence-electron chi connectivity index (χ2n) is 6.09. The van der Waals surface area contributed by atoms with E-state index in [1.54, 1.807) is 0 Å². The fourth-order valence-electron chi connectivity index (χ4n) is 2.41. The zero-order valence-corrected chi connectivity index (χ0v) is 15.1. The standard InChI is InChI=1S/C17H29ClN2O2/c1-6-9-22-17-11(2)10-13(18)12(3)15(17)16(21)14(19)7-8-20(4)5/h10,14,16,21H,6-9,19H2,1-5H3. The van der Waals surface area contributed by atoms with Gasteiger partial charge >= 0.3 is 0 Å². The topological polar surface area (TPSA) is 58.7 Å². The molecule has 0 fully saturated rings. The number of hydrogen-bond acceptors (Lipinski definition) is 4. The first-order valence-electron chi connectivity index (χ1n) is 7.80. The Hall–Kier alpha value is -0.810. The summed E-state index contributed by atoms with van der Waals surface area (Å²) in [5, 5.41) is 11.4. The number of nitrogens with two attached hydrogens (primary N) is 1. The van der Waals surface area contributed by atoms with Gasteiger partial charge in [0.1, 0.15) is 5.75 Å². The number of aryl methyl sites for hydroxylation is 1. The molecule has 0 aromatic heterocycles. The van der Waals surface area contributed by atoms with Gasteiger partial charge < -0.3 is 20.5 Å². The van der Waals surface area contributed by atoms with Crippen molar-refractivity contribution < 1.29 is 9.84 Å². The minimum Gasteiger partial charge on any atom is -0.493 e. The Morgan fingerprint density at radius 2 is 2.00 bits per heavy atom. The summed E-state index contributed by atoms with van der Waals surface area (Å²) in [5.74, 6) is 0.719. The smallest absolute Gasteiger partial charge is 0.128 e. The molecule has 1 aromatic rings. The fourth-order valence-corrected chi connectivity index (χ4v) is 2.67. The zero-order chi connectivity index (χ0) is 16.9. The van der Waals surface area contributed by atoms with E-state index in [1.165, 1.54) is 0 Å². The van der Waals surface area contributed by atoms with E-state index in [0.29, 0.717) is 18.1 Å². The Morgan fingerprint density at radius 3 is 2.55 bits per heavy atom. The van der Waals surface area contributed by atoms with Gasteiger partial charge in [-0.2, -0.15) is 0 Å². The lowest BCUT2D eigenvalue weighted by molar-refractivity contribution is 0.132. The largest absolute Gasteiger partial charge is 0.493 e. The maximum Gasteiger partial charge on any atom is 0.128 e. The molecule has 0 bridgehead atoms. The molecular formula is C17H29ClN2O2. The summed E-state index contributed by atoms with van der Waals surface area (Å²) in [6.07, 6.45) is 0.819. The number of benzene rings is 1. The van der Waals surface area contributed by atoms with E-state index >= 15 is 0 Å². The molecule has 0 saturated heterocycles. The quantitative estimate of drug-likeness (QED) is 0.770. The Kier molecular flexibility index (Phi) is 7.63. The number of ether oxygens (including phenoxy) is 1. The lowest BCUT2D eigenvalue weighted by atomic mass is 9.93. The third-order valence-corrected chi connectivity index (χ3v) is 4.16. The van der Waals surface area contributed by atoms with Gasteiger partial charge in [0.25, 0.3) is 0 Å². The van der Waals surface area contributed by atoms with Crippen LogP contribution in [0, 0.1) is 13.8 Å². The monoisotopic (exact) mass is 328 g/mol. The summed E-state index contributed by atoms with van der Waals surface area (Å²) in [6, 6.07) is 1.52. The van der Waals surface area contributed by atoms with Gasteiger partial charge in [0, 0.05) is 16.6 Å². The molecule has 126 valence electrons. The molecule has 0 aliphatic rings. The molecule has 0 amide bonds. The van der Waals surface area contributed by atoms with Crippen LogP contribution < -0.4 is 10.5 Å². The Labute approximate surface area is 139 Å². The highest BCUT2D eigenvalue weighted by atomic mass is 35.5. The van der Waals surface area contributed by atoms with Gasteiger partial charge in [-0.05, 0) is 64.5 Å². The molecule has 2 unspecified atom stereocenters. The molecule has 0 heterocycles. The van der Waals surface area contributed by atoms with Gasteiger partial charge in [0.05, 0.1) is 12.7 Å². The Bertz CT molecular complexity index is 492. The predicted molar refractivity (Wildman–Crippen MR) is 92.8 cm³/mol. The molecule has 0 radical (unpaired) electrons. The highest BCUT2D eigenvalue weighted by molar-refractivity contribution is 6.31. The van der Waals surface area contributed by atoms with Crippen molar-refractivity contribution in [2.45, 2.75) is 45.8 Å². The molecule has 2 atom stereocenters. The normalized spacial score (nSPS) is 14.2. The van der Waals surface area contributed by atoms with Crippen LogP contribution in [0.2, 0.25) is 5.02 Å². The molecule has 5 heteroatoms. The van der Waals surface area contributed by atoms with Gasteiger partial charge in [0.15, 0.2) is 0 Å². The Morgan fingerprint density at radius 1 is 1.36 bits per heavy atom. The summed E-state index contributed by atoms with van der Waals surface area (Å²) in [7, 11) is 3.98. The van der Waals surface area contributed by atoms with Crippen LogP contribution in [0.1, 0.15) is 42.6 Å². The number of hydrogen-bond donors (Lipinski definition) is 2. The third-order valence-electron chi connectivity index (χ3n) is 3.77. The second-order valence-corrected chi connectivity index (χ2v) is 6.50. The first-order valence-corrected chi connectivity index (χ1v) is 8.18. The molecule has 0 saturated carbocycles. The summed E-state index contributed by atoms with van der Waals surface area (Å²) >= 11 is 6.29. The van der Waals surface area contributed by atoms with Gasteiger partial charge in [0.2, 0.25) is 0 Å². The van der Waals surface area contributed by atoms with E-state index in [-0.39, 0.29) is 6.04 Å². The van der Waals surface area contributed by atoms with Gasteiger partial charge in [-0.15, -0.1) is 0 Å². The lowest BCUT2D eigenvalue weighted by Crippen LogP contribution is -2.32. The highest BCUT2D eigenvalue weighted by Gasteiger charge is 2.25. The molecule has 0 spiro atoms. The van der Waals surface area contributed by atoms with Crippen LogP contribution in [0.3, 0.4) is 0 Å². The minimum atomic E-state index is -0.788. The van der Waals surface area contributed by atoms with Crippen LogP contribution in [0.4, 0.5) is 0 Å². The number of halogens is 1. The predicted octanol–water partition coefficient (Wildman–Crippen LogP) is 3.06. The third kappa shape index (κ3) is 4.85. The van der Waals surface area contributed by atoms with Crippen molar-refractivity contribution >= 4 is 11.6 Å². The SMILES string of the molecule is CCCOc1c(C)cc(Cl)c(C)c1C(O)C(N)CCN(C)C. The molecule has 22 heavy (non-hydrogen) atoms. The van der Waals surface area contributed by atoms with E-state index in [9.17, 15) is 5.11 Å². The van der Waals surface area contributed by atoms with Crippen LogP contribution in [-0.4, -0.2) is 43.3 Å². The first kappa shape index (κ1) is 19.2. The minimum absolute atomic E-state index is 0.358. The molecule has 1 rings (SSSR count). The average molecular weight is 329 g/mol. The van der Waals surface area contributed by atoms with Crippen molar-refractivity contribution in [3.63, 3.8) is 0 Å². The van der Waals surface area contributed by atoms with E-state index in [4.69, 9.17) is 22.1 Å². The first-order chi connectivity index (χ1) is 10.3. The average Bonchev–Trinajstić information content (AvgIpc) is 2.46. The van der Waals surface area contributed by atoms with E-state index in [1.807, 2.05) is 34.0 Å². The van der Waals surface area contributed by atoms with Crippen LogP contribution in [-0.2, 0) is 0 Å². The van der Waals surface area contributed by atoms with Crippen molar-refractivity contribution in [3.8, 4) is 5.75 Å². The Balaban J connectivity index is 3.13. The van der Waals surface area contributed by atoms with E-state index < -0.39 is 6.10 Å². The number of aliphatic hydroxyl groups is 1. The van der Waals surface area contributed by atoms with Crippen molar-refractivity contribution in [2.75, 3.05) is 27.2 Å². The van der Waals surface area contributed by atoms with Gasteiger partial charge in [-0.25, -0.2) is 0 Å². The molecular weight excluding hydrogens is 300 g/mol. The number of rotatable bonds is 8. The number of nitrogens with zero attached hydrogens (tertiary/aromatic N) is 1. The zero-order valence-electron chi connectivity index (χ0n) is 14.3. The summed E-state index contributed by atoms with van der Waals surface area (Å²) in [6.45, 7) is 7.32. The van der Waals surface area contributed by atoms with Crippen LogP contribution >= 0.6 is 11.6 Å². The van der Waals surface area contributed by atoms with Crippen molar-refractivity contribution in [3.05, 3.63) is 27.8 Å². The molecule has 3 N–H and O–H groups in total. The van der Waals surface area contributed by atoms with Crippen molar-refractivity contribution in [1.82, 2.24) is 4.90 Å². The van der Waals surface area contributed by atoms with Crippen LogP contribution in [0.25, 0.3) is 0 Å². The molecule has 0 aliphatic heterocycles. The van der Waals surface area contributed by atoms with Crippen LogP contribution in [0.15, 0.2) is 6.07 Å².